The summed E-state index contributed by atoms with van der Waals surface area (Å²) in [5.41, 5.74) is 0.301. The number of likely N-dealkylation sites (N-methyl/N-ethyl adjacent to an activating group) is 1. The number of carbonyl (C=O) groups is 1. The van der Waals surface area contributed by atoms with Crippen molar-refractivity contribution in [2.75, 3.05) is 27.2 Å². The van der Waals surface area contributed by atoms with Crippen LogP contribution in [0, 0.1) is 11.6 Å². The Labute approximate surface area is 165 Å². The molecule has 142 valence electrons. The first-order valence-electron chi connectivity index (χ1n) is 8.02. The molecular formula is C17H27F2IN4O. The van der Waals surface area contributed by atoms with Crippen LogP contribution in [-0.2, 0) is 11.2 Å². The third-order valence-corrected chi connectivity index (χ3v) is 3.56. The number of carbonyl (C=O) groups excluding carboxylic acids is 1. The summed E-state index contributed by atoms with van der Waals surface area (Å²) >= 11 is 0. The first kappa shape index (κ1) is 23.5. The van der Waals surface area contributed by atoms with Crippen molar-refractivity contribution in [2.24, 2.45) is 4.99 Å². The highest BCUT2D eigenvalue weighted by molar-refractivity contribution is 14.0. The van der Waals surface area contributed by atoms with E-state index >= 15 is 0 Å². The number of nitrogens with zero attached hydrogens (tertiary/aromatic N) is 2. The van der Waals surface area contributed by atoms with Crippen molar-refractivity contribution in [3.63, 3.8) is 0 Å². The fourth-order valence-corrected chi connectivity index (χ4v) is 1.83. The van der Waals surface area contributed by atoms with Crippen molar-refractivity contribution >= 4 is 35.8 Å². The fraction of sp³-hybridized carbons (Fsp3) is 0.529. The molecular weight excluding hydrogens is 441 g/mol. The van der Waals surface area contributed by atoms with Crippen LogP contribution < -0.4 is 10.6 Å². The number of aliphatic imine (C=N–C) groups is 1. The van der Waals surface area contributed by atoms with E-state index in [4.69, 9.17) is 0 Å². The lowest BCUT2D eigenvalue weighted by atomic mass is 10.1. The number of guanidine groups is 1. The van der Waals surface area contributed by atoms with Gasteiger partial charge in [0, 0.05) is 26.7 Å². The van der Waals surface area contributed by atoms with E-state index in [-0.39, 0.29) is 42.5 Å². The number of nitrogens with one attached hydrogen (secondary N) is 2. The first-order chi connectivity index (χ1) is 11.3. The van der Waals surface area contributed by atoms with Crippen molar-refractivity contribution in [2.45, 2.75) is 32.7 Å². The predicted octanol–water partition coefficient (Wildman–Crippen LogP) is 2.55. The first-order valence-corrected chi connectivity index (χ1v) is 8.02. The Morgan fingerprint density at radius 3 is 2.60 bits per heavy atom. The van der Waals surface area contributed by atoms with Crippen molar-refractivity contribution in [3.05, 3.63) is 35.4 Å². The average molecular weight is 468 g/mol. The Kier molecular flexibility index (Phi) is 11.3. The van der Waals surface area contributed by atoms with Gasteiger partial charge in [-0.3, -0.25) is 4.79 Å². The van der Waals surface area contributed by atoms with E-state index in [0.29, 0.717) is 24.5 Å². The molecule has 0 bridgehead atoms. The van der Waals surface area contributed by atoms with Crippen LogP contribution in [0.15, 0.2) is 23.2 Å². The van der Waals surface area contributed by atoms with E-state index < -0.39 is 11.6 Å². The summed E-state index contributed by atoms with van der Waals surface area (Å²) in [5, 5.41) is 6.23. The second kappa shape index (κ2) is 12.0. The molecule has 25 heavy (non-hydrogen) atoms. The van der Waals surface area contributed by atoms with Gasteiger partial charge in [-0.15, -0.1) is 24.0 Å². The van der Waals surface area contributed by atoms with E-state index in [0.717, 1.165) is 18.6 Å². The van der Waals surface area contributed by atoms with Gasteiger partial charge in [0.2, 0.25) is 5.91 Å². The monoisotopic (exact) mass is 468 g/mol. The predicted molar refractivity (Wildman–Crippen MR) is 107 cm³/mol. The topological polar surface area (TPSA) is 56.7 Å². The normalized spacial score (nSPS) is 12.2. The SMILES string of the molecule is CCC(C)NC(=NCC(=O)N(C)C)NCCc1cc(F)ccc1F.I. The smallest absolute Gasteiger partial charge is 0.243 e. The maximum Gasteiger partial charge on any atom is 0.243 e. The van der Waals surface area contributed by atoms with Gasteiger partial charge >= 0.3 is 0 Å². The van der Waals surface area contributed by atoms with Gasteiger partial charge in [-0.25, -0.2) is 13.8 Å². The molecule has 0 aliphatic rings. The molecule has 2 N–H and O–H groups in total. The van der Waals surface area contributed by atoms with Gasteiger partial charge in [0.25, 0.3) is 0 Å². The van der Waals surface area contributed by atoms with Crippen LogP contribution in [0.5, 0.6) is 0 Å². The number of amides is 1. The molecule has 1 aromatic rings. The minimum Gasteiger partial charge on any atom is -0.356 e. The van der Waals surface area contributed by atoms with Crippen molar-refractivity contribution in [1.82, 2.24) is 15.5 Å². The molecule has 0 saturated heterocycles. The Morgan fingerprint density at radius 2 is 2.00 bits per heavy atom. The van der Waals surface area contributed by atoms with Crippen LogP contribution in [0.25, 0.3) is 0 Å². The Bertz CT molecular complexity index is 582. The summed E-state index contributed by atoms with van der Waals surface area (Å²) in [7, 11) is 3.33. The molecule has 1 amide bonds. The molecule has 1 aromatic carbocycles. The average Bonchev–Trinajstić information content (AvgIpc) is 2.54. The van der Waals surface area contributed by atoms with E-state index in [1.165, 1.54) is 11.0 Å². The van der Waals surface area contributed by atoms with Crippen molar-refractivity contribution < 1.29 is 13.6 Å². The van der Waals surface area contributed by atoms with E-state index in [1.54, 1.807) is 14.1 Å². The molecule has 1 rings (SSSR count). The summed E-state index contributed by atoms with van der Waals surface area (Å²) < 4.78 is 26.8. The minimum atomic E-state index is -0.463. The number of benzene rings is 1. The Morgan fingerprint density at radius 1 is 1.32 bits per heavy atom. The quantitative estimate of drug-likeness (QED) is 0.368. The maximum absolute atomic E-state index is 13.6. The van der Waals surface area contributed by atoms with Gasteiger partial charge in [0.05, 0.1) is 0 Å². The molecule has 5 nitrogen and oxygen atoms in total. The molecule has 0 saturated carbocycles. The lowest BCUT2D eigenvalue weighted by Gasteiger charge is -2.17. The van der Waals surface area contributed by atoms with Crippen molar-refractivity contribution in [3.8, 4) is 0 Å². The van der Waals surface area contributed by atoms with Crippen LogP contribution in [0.3, 0.4) is 0 Å². The molecule has 8 heteroatoms. The van der Waals surface area contributed by atoms with Gasteiger partial charge in [-0.1, -0.05) is 6.92 Å². The zero-order valence-electron chi connectivity index (χ0n) is 15.1. The highest BCUT2D eigenvalue weighted by atomic mass is 127. The zero-order chi connectivity index (χ0) is 18.1. The van der Waals surface area contributed by atoms with E-state index in [2.05, 4.69) is 15.6 Å². The van der Waals surface area contributed by atoms with Crippen LogP contribution in [0.4, 0.5) is 8.78 Å². The summed E-state index contributed by atoms with van der Waals surface area (Å²) in [6.45, 7) is 4.42. The van der Waals surface area contributed by atoms with Crippen LogP contribution >= 0.6 is 24.0 Å². The highest BCUT2D eigenvalue weighted by Crippen LogP contribution is 2.09. The lowest BCUT2D eigenvalue weighted by Crippen LogP contribution is -2.43. The van der Waals surface area contributed by atoms with E-state index in [9.17, 15) is 13.6 Å². The lowest BCUT2D eigenvalue weighted by molar-refractivity contribution is -0.127. The second-order valence-electron chi connectivity index (χ2n) is 5.82. The highest BCUT2D eigenvalue weighted by Gasteiger charge is 2.08. The summed E-state index contributed by atoms with van der Waals surface area (Å²) in [5.74, 6) is -0.531. The molecule has 1 unspecified atom stereocenters. The largest absolute Gasteiger partial charge is 0.356 e. The zero-order valence-corrected chi connectivity index (χ0v) is 17.4. The molecule has 0 aliphatic carbocycles. The van der Waals surface area contributed by atoms with Crippen LogP contribution in [-0.4, -0.2) is 50.0 Å². The van der Waals surface area contributed by atoms with Crippen LogP contribution in [0.2, 0.25) is 0 Å². The summed E-state index contributed by atoms with van der Waals surface area (Å²) in [6, 6.07) is 3.58. The van der Waals surface area contributed by atoms with E-state index in [1.807, 2.05) is 13.8 Å². The summed E-state index contributed by atoms with van der Waals surface area (Å²) in [6.07, 6.45) is 1.20. The van der Waals surface area contributed by atoms with Gasteiger partial charge in [0.15, 0.2) is 5.96 Å². The number of hydrogen-bond donors (Lipinski definition) is 2. The standard InChI is InChI=1S/C17H26F2N4O.HI/c1-5-12(2)22-17(21-11-16(24)23(3)4)20-9-8-13-10-14(18)6-7-15(13)19;/h6-7,10,12H,5,8-9,11H2,1-4H3,(H2,20,21,22);1H. The molecule has 0 radical (unpaired) electrons. The summed E-state index contributed by atoms with van der Waals surface area (Å²) in [4.78, 5) is 17.4. The maximum atomic E-state index is 13.6. The molecule has 0 aromatic heterocycles. The van der Waals surface area contributed by atoms with Gasteiger partial charge in [-0.05, 0) is 43.5 Å². The molecule has 0 aliphatic heterocycles. The molecule has 0 spiro atoms. The number of rotatable bonds is 7. The molecule has 1 atom stereocenters. The minimum absolute atomic E-state index is 0. The van der Waals surface area contributed by atoms with Gasteiger partial charge in [0.1, 0.15) is 18.2 Å². The molecule has 0 fully saturated rings. The fourth-order valence-electron chi connectivity index (χ4n) is 1.83. The second-order valence-corrected chi connectivity index (χ2v) is 5.82. The molecule has 0 heterocycles. The van der Waals surface area contributed by atoms with Gasteiger partial charge in [-0.2, -0.15) is 0 Å². The van der Waals surface area contributed by atoms with Crippen molar-refractivity contribution in [1.29, 1.82) is 0 Å². The third-order valence-electron chi connectivity index (χ3n) is 3.56. The number of hydrogen-bond acceptors (Lipinski definition) is 2. The Balaban J connectivity index is 0.00000576. The van der Waals surface area contributed by atoms with Crippen LogP contribution in [0.1, 0.15) is 25.8 Å². The van der Waals surface area contributed by atoms with Gasteiger partial charge < -0.3 is 15.5 Å². The number of halogens is 3. The third kappa shape index (κ3) is 8.99. The Hall–Kier alpha value is -1.45.